The molecule has 4 heteroatoms. The molecule has 1 atom stereocenters. The van der Waals surface area contributed by atoms with Crippen LogP contribution in [0.3, 0.4) is 0 Å². The Kier molecular flexibility index (Phi) is 5.23. The van der Waals surface area contributed by atoms with Gasteiger partial charge in [-0.2, -0.15) is 0 Å². The number of para-hydroxylation sites is 1. The largest absolute Gasteiger partial charge is 0.492 e. The van der Waals surface area contributed by atoms with E-state index >= 15 is 0 Å². The second-order valence-electron chi connectivity index (χ2n) is 6.33. The van der Waals surface area contributed by atoms with Crippen LogP contribution in [0, 0.1) is 11.3 Å². The summed E-state index contributed by atoms with van der Waals surface area (Å²) in [6.07, 6.45) is 2.06. The first kappa shape index (κ1) is 15.8. The number of carbonyl (C=O) groups is 1. The van der Waals surface area contributed by atoms with Crippen LogP contribution in [0.4, 0.5) is 0 Å². The summed E-state index contributed by atoms with van der Waals surface area (Å²) in [5.41, 5.74) is -0.654. The fraction of sp³-hybridized carbons (Fsp3) is 0.588. The molecule has 0 aliphatic carbocycles. The van der Waals surface area contributed by atoms with Gasteiger partial charge in [-0.3, -0.25) is 9.69 Å². The first-order valence-corrected chi connectivity index (χ1v) is 7.64. The van der Waals surface area contributed by atoms with Gasteiger partial charge in [0.05, 0.1) is 5.41 Å². The van der Waals surface area contributed by atoms with E-state index in [1.807, 2.05) is 44.2 Å². The zero-order valence-electron chi connectivity index (χ0n) is 12.9. The standard InChI is InChI=1S/C17H25NO3/c1-17(2,16(19)20)14-7-6-10-18(13-14)11-12-21-15-8-4-3-5-9-15/h3-5,8-9,14H,6-7,10-13H2,1-2H3,(H,19,20). The van der Waals surface area contributed by atoms with Crippen molar-refractivity contribution >= 4 is 5.97 Å². The molecule has 1 aliphatic heterocycles. The van der Waals surface area contributed by atoms with Crippen LogP contribution in [0.15, 0.2) is 30.3 Å². The van der Waals surface area contributed by atoms with Crippen LogP contribution < -0.4 is 4.74 Å². The highest BCUT2D eigenvalue weighted by atomic mass is 16.5. The topological polar surface area (TPSA) is 49.8 Å². The number of carboxylic acid groups (broad SMARTS) is 1. The van der Waals surface area contributed by atoms with E-state index in [1.54, 1.807) is 0 Å². The molecule has 4 nitrogen and oxygen atoms in total. The van der Waals surface area contributed by atoms with Crippen molar-refractivity contribution in [1.29, 1.82) is 0 Å². The quantitative estimate of drug-likeness (QED) is 0.875. The number of carboxylic acids is 1. The molecule has 1 fully saturated rings. The third kappa shape index (κ3) is 4.21. The number of likely N-dealkylation sites (tertiary alicyclic amines) is 1. The van der Waals surface area contributed by atoms with E-state index in [1.165, 1.54) is 0 Å². The Bertz CT molecular complexity index is 458. The van der Waals surface area contributed by atoms with Gasteiger partial charge in [-0.1, -0.05) is 18.2 Å². The molecule has 0 aromatic heterocycles. The molecule has 0 spiro atoms. The predicted octanol–water partition coefficient (Wildman–Crippen LogP) is 2.89. The summed E-state index contributed by atoms with van der Waals surface area (Å²) < 4.78 is 5.72. The lowest BCUT2D eigenvalue weighted by atomic mass is 9.74. The third-order valence-corrected chi connectivity index (χ3v) is 4.50. The minimum atomic E-state index is -0.699. The van der Waals surface area contributed by atoms with Gasteiger partial charge >= 0.3 is 5.97 Å². The molecule has 0 saturated carbocycles. The Morgan fingerprint density at radius 3 is 2.76 bits per heavy atom. The van der Waals surface area contributed by atoms with Crippen LogP contribution in [0.1, 0.15) is 26.7 Å². The second kappa shape index (κ2) is 6.94. The van der Waals surface area contributed by atoms with E-state index in [-0.39, 0.29) is 5.92 Å². The minimum Gasteiger partial charge on any atom is -0.492 e. The maximum Gasteiger partial charge on any atom is 0.309 e. The van der Waals surface area contributed by atoms with Gasteiger partial charge in [-0.25, -0.2) is 0 Å². The van der Waals surface area contributed by atoms with Crippen molar-refractivity contribution < 1.29 is 14.6 Å². The number of nitrogens with zero attached hydrogens (tertiary/aromatic N) is 1. The molecule has 0 radical (unpaired) electrons. The summed E-state index contributed by atoms with van der Waals surface area (Å²) in [6, 6.07) is 9.79. The van der Waals surface area contributed by atoms with E-state index in [0.717, 1.165) is 38.2 Å². The zero-order chi connectivity index (χ0) is 15.3. The smallest absolute Gasteiger partial charge is 0.309 e. The van der Waals surface area contributed by atoms with Crippen molar-refractivity contribution in [2.45, 2.75) is 26.7 Å². The summed E-state index contributed by atoms with van der Waals surface area (Å²) in [5, 5.41) is 9.36. The number of piperidine rings is 1. The van der Waals surface area contributed by atoms with Gasteiger partial charge in [0.25, 0.3) is 0 Å². The molecule has 116 valence electrons. The van der Waals surface area contributed by atoms with Gasteiger partial charge in [-0.15, -0.1) is 0 Å². The van der Waals surface area contributed by atoms with Crippen LogP contribution >= 0.6 is 0 Å². The summed E-state index contributed by atoms with van der Waals surface area (Å²) in [5.74, 6) is 0.396. The molecule has 1 aromatic carbocycles. The summed E-state index contributed by atoms with van der Waals surface area (Å²) in [6.45, 7) is 7.04. The molecule has 1 heterocycles. The van der Waals surface area contributed by atoms with Gasteiger partial charge in [0, 0.05) is 13.1 Å². The fourth-order valence-electron chi connectivity index (χ4n) is 2.83. The highest BCUT2D eigenvalue weighted by Gasteiger charge is 2.38. The molecular weight excluding hydrogens is 266 g/mol. The fourth-order valence-corrected chi connectivity index (χ4v) is 2.83. The van der Waals surface area contributed by atoms with Crippen LogP contribution in [0.5, 0.6) is 5.75 Å². The zero-order valence-corrected chi connectivity index (χ0v) is 12.9. The maximum absolute atomic E-state index is 11.4. The van der Waals surface area contributed by atoms with Gasteiger partial charge in [0.2, 0.25) is 0 Å². The highest BCUT2D eigenvalue weighted by Crippen LogP contribution is 2.34. The summed E-state index contributed by atoms with van der Waals surface area (Å²) in [4.78, 5) is 13.7. The molecule has 1 unspecified atom stereocenters. The van der Waals surface area contributed by atoms with Crippen molar-refractivity contribution in [2.75, 3.05) is 26.2 Å². The normalized spacial score (nSPS) is 20.2. The number of benzene rings is 1. The SMILES string of the molecule is CC(C)(C(=O)O)C1CCCN(CCOc2ccccc2)C1. The average Bonchev–Trinajstić information content (AvgIpc) is 2.48. The molecule has 1 aromatic rings. The summed E-state index contributed by atoms with van der Waals surface area (Å²) >= 11 is 0. The Balaban J connectivity index is 1.80. The van der Waals surface area contributed by atoms with Crippen molar-refractivity contribution in [2.24, 2.45) is 11.3 Å². The second-order valence-corrected chi connectivity index (χ2v) is 6.33. The van der Waals surface area contributed by atoms with E-state index in [4.69, 9.17) is 4.74 Å². The Morgan fingerprint density at radius 2 is 2.10 bits per heavy atom. The Hall–Kier alpha value is -1.55. The van der Waals surface area contributed by atoms with Crippen molar-refractivity contribution in [3.8, 4) is 5.75 Å². The lowest BCUT2D eigenvalue weighted by Gasteiger charge is -2.39. The maximum atomic E-state index is 11.4. The third-order valence-electron chi connectivity index (χ3n) is 4.50. The van der Waals surface area contributed by atoms with Gasteiger partial charge in [0.1, 0.15) is 12.4 Å². The molecule has 0 amide bonds. The molecule has 0 bridgehead atoms. The number of aliphatic carboxylic acids is 1. The predicted molar refractivity (Wildman–Crippen MR) is 82.5 cm³/mol. The number of rotatable bonds is 6. The average molecular weight is 291 g/mol. The van der Waals surface area contributed by atoms with Gasteiger partial charge in [-0.05, 0) is 51.3 Å². The van der Waals surface area contributed by atoms with E-state index in [0.29, 0.717) is 6.61 Å². The van der Waals surface area contributed by atoms with Crippen molar-refractivity contribution in [3.63, 3.8) is 0 Å². The van der Waals surface area contributed by atoms with Crippen LogP contribution in [-0.2, 0) is 4.79 Å². The number of hydrogen-bond acceptors (Lipinski definition) is 3. The van der Waals surface area contributed by atoms with E-state index in [9.17, 15) is 9.90 Å². The van der Waals surface area contributed by atoms with Gasteiger partial charge in [0.15, 0.2) is 0 Å². The molecule has 1 saturated heterocycles. The van der Waals surface area contributed by atoms with Crippen molar-refractivity contribution in [3.05, 3.63) is 30.3 Å². The minimum absolute atomic E-state index is 0.209. The van der Waals surface area contributed by atoms with E-state index in [2.05, 4.69) is 4.90 Å². The lowest BCUT2D eigenvalue weighted by Crippen LogP contribution is -2.45. The summed E-state index contributed by atoms with van der Waals surface area (Å²) in [7, 11) is 0. The Labute approximate surface area is 126 Å². The first-order chi connectivity index (χ1) is 10.00. The van der Waals surface area contributed by atoms with Crippen LogP contribution in [-0.4, -0.2) is 42.2 Å². The van der Waals surface area contributed by atoms with Crippen LogP contribution in [0.2, 0.25) is 0 Å². The van der Waals surface area contributed by atoms with Crippen molar-refractivity contribution in [1.82, 2.24) is 4.90 Å². The molecule has 2 rings (SSSR count). The molecule has 1 N–H and O–H groups in total. The molecule has 21 heavy (non-hydrogen) atoms. The first-order valence-electron chi connectivity index (χ1n) is 7.64. The monoisotopic (exact) mass is 291 g/mol. The highest BCUT2D eigenvalue weighted by molar-refractivity contribution is 5.74. The molecule has 1 aliphatic rings. The molecular formula is C17H25NO3. The van der Waals surface area contributed by atoms with E-state index < -0.39 is 11.4 Å². The Morgan fingerprint density at radius 1 is 1.38 bits per heavy atom. The number of ether oxygens (including phenoxy) is 1. The van der Waals surface area contributed by atoms with Crippen LogP contribution in [0.25, 0.3) is 0 Å². The lowest BCUT2D eigenvalue weighted by molar-refractivity contribution is -0.151. The van der Waals surface area contributed by atoms with Gasteiger partial charge < -0.3 is 9.84 Å². The number of hydrogen-bond donors (Lipinski definition) is 1.